The summed E-state index contributed by atoms with van der Waals surface area (Å²) in [6.07, 6.45) is 1.81. The summed E-state index contributed by atoms with van der Waals surface area (Å²) in [5, 5.41) is 11.8. The number of nitrogens with zero attached hydrogens (tertiary/aromatic N) is 2. The number of aromatic nitrogens is 2. The number of benzene rings is 2. The number of rotatable bonds is 8. The number of halogens is 1. The van der Waals surface area contributed by atoms with Crippen LogP contribution in [0.25, 0.3) is 11.5 Å². The van der Waals surface area contributed by atoms with Gasteiger partial charge in [0.25, 0.3) is 5.22 Å². The fourth-order valence-corrected chi connectivity index (χ4v) is 3.45. The number of hydrogen-bond acceptors (Lipinski definition) is 5. The Hall–Kier alpha value is -2.31. The van der Waals surface area contributed by atoms with Crippen LogP contribution in [0.2, 0.25) is 5.02 Å². The number of aryl methyl sites for hydroxylation is 1. The van der Waals surface area contributed by atoms with Crippen molar-refractivity contribution in [1.82, 2.24) is 15.5 Å². The zero-order valence-corrected chi connectivity index (χ0v) is 17.3. The molecule has 1 aromatic heterocycles. The summed E-state index contributed by atoms with van der Waals surface area (Å²) in [6, 6.07) is 17.5. The van der Waals surface area contributed by atoms with Gasteiger partial charge in [-0.15, -0.1) is 10.2 Å². The number of thioether (sulfide) groups is 1. The van der Waals surface area contributed by atoms with Crippen molar-refractivity contribution >= 4 is 29.3 Å². The molecule has 0 spiro atoms. The van der Waals surface area contributed by atoms with Gasteiger partial charge in [0.2, 0.25) is 11.8 Å². The first kappa shape index (κ1) is 20.4. The van der Waals surface area contributed by atoms with Crippen molar-refractivity contribution in [2.75, 3.05) is 0 Å². The van der Waals surface area contributed by atoms with Gasteiger partial charge in [0.15, 0.2) is 0 Å². The van der Waals surface area contributed by atoms with Crippen molar-refractivity contribution in [3.8, 4) is 11.5 Å². The van der Waals surface area contributed by atoms with Gasteiger partial charge in [0.1, 0.15) is 0 Å². The minimum Gasteiger partial charge on any atom is -0.411 e. The monoisotopic (exact) mass is 415 g/mol. The van der Waals surface area contributed by atoms with Crippen LogP contribution in [0.5, 0.6) is 0 Å². The van der Waals surface area contributed by atoms with Gasteiger partial charge in [-0.3, -0.25) is 4.79 Å². The van der Waals surface area contributed by atoms with E-state index in [0.29, 0.717) is 16.1 Å². The van der Waals surface area contributed by atoms with Crippen molar-refractivity contribution in [2.24, 2.45) is 0 Å². The molecule has 1 heterocycles. The summed E-state index contributed by atoms with van der Waals surface area (Å²) in [5.41, 5.74) is 2.06. The Bertz CT molecular complexity index is 900. The molecule has 146 valence electrons. The number of hydrogen-bond donors (Lipinski definition) is 1. The minimum atomic E-state index is -0.335. The Kier molecular flexibility index (Phi) is 7.12. The largest absolute Gasteiger partial charge is 0.411 e. The Morgan fingerprint density at radius 1 is 1.11 bits per heavy atom. The fraction of sp³-hybridized carbons (Fsp3) is 0.286. The first-order chi connectivity index (χ1) is 13.5. The number of carbonyl (C=O) groups excluding carboxylic acids is 1. The molecule has 2 unspecified atom stereocenters. The molecule has 0 radical (unpaired) electrons. The second-order valence-corrected chi connectivity index (χ2v) is 8.30. The third-order valence-corrected chi connectivity index (χ3v) is 5.43. The molecular weight excluding hydrogens is 394 g/mol. The predicted molar refractivity (Wildman–Crippen MR) is 112 cm³/mol. The van der Waals surface area contributed by atoms with E-state index in [1.165, 1.54) is 17.3 Å². The molecular formula is C21H22ClN3O2S. The average molecular weight is 416 g/mol. The molecule has 2 aromatic carbocycles. The molecule has 3 rings (SSSR count). The maximum Gasteiger partial charge on any atom is 0.277 e. The molecule has 2 atom stereocenters. The molecule has 0 bridgehead atoms. The zero-order valence-electron chi connectivity index (χ0n) is 15.8. The second kappa shape index (κ2) is 9.75. The van der Waals surface area contributed by atoms with Gasteiger partial charge >= 0.3 is 0 Å². The molecule has 0 aliphatic heterocycles. The Labute approximate surface area is 173 Å². The third kappa shape index (κ3) is 5.84. The molecule has 28 heavy (non-hydrogen) atoms. The van der Waals surface area contributed by atoms with Crippen LogP contribution in [0.3, 0.4) is 0 Å². The highest BCUT2D eigenvalue weighted by Gasteiger charge is 2.20. The van der Waals surface area contributed by atoms with Gasteiger partial charge in [-0.05, 0) is 56.5 Å². The van der Waals surface area contributed by atoms with E-state index >= 15 is 0 Å². The highest BCUT2D eigenvalue weighted by molar-refractivity contribution is 8.00. The summed E-state index contributed by atoms with van der Waals surface area (Å²) in [6.45, 7) is 3.85. The molecule has 1 N–H and O–H groups in total. The molecule has 3 aromatic rings. The van der Waals surface area contributed by atoms with Gasteiger partial charge in [0.05, 0.1) is 5.25 Å². The number of amides is 1. The third-order valence-electron chi connectivity index (χ3n) is 4.24. The van der Waals surface area contributed by atoms with Crippen molar-refractivity contribution in [2.45, 2.75) is 43.2 Å². The lowest BCUT2D eigenvalue weighted by Gasteiger charge is -2.16. The number of carbonyl (C=O) groups is 1. The van der Waals surface area contributed by atoms with Crippen molar-refractivity contribution in [3.63, 3.8) is 0 Å². The maximum absolute atomic E-state index is 12.4. The van der Waals surface area contributed by atoms with E-state index in [1.807, 2.05) is 44.2 Å². The van der Waals surface area contributed by atoms with Crippen LogP contribution in [-0.4, -0.2) is 27.4 Å². The van der Waals surface area contributed by atoms with Crippen LogP contribution in [0, 0.1) is 0 Å². The van der Waals surface area contributed by atoms with Gasteiger partial charge in [0, 0.05) is 16.6 Å². The minimum absolute atomic E-state index is 0.0446. The second-order valence-electron chi connectivity index (χ2n) is 6.57. The van der Waals surface area contributed by atoms with E-state index in [2.05, 4.69) is 27.6 Å². The molecule has 0 aliphatic rings. The predicted octanol–water partition coefficient (Wildman–Crippen LogP) is 5.01. The fourth-order valence-electron chi connectivity index (χ4n) is 2.63. The Morgan fingerprint density at radius 2 is 1.82 bits per heavy atom. The molecule has 1 amide bonds. The van der Waals surface area contributed by atoms with E-state index < -0.39 is 0 Å². The Morgan fingerprint density at radius 3 is 2.54 bits per heavy atom. The summed E-state index contributed by atoms with van der Waals surface area (Å²) in [7, 11) is 0. The van der Waals surface area contributed by atoms with Crippen LogP contribution >= 0.6 is 23.4 Å². The van der Waals surface area contributed by atoms with E-state index in [-0.39, 0.29) is 17.2 Å². The first-order valence-corrected chi connectivity index (χ1v) is 10.4. The molecule has 0 saturated carbocycles. The van der Waals surface area contributed by atoms with Gasteiger partial charge in [-0.1, -0.05) is 53.7 Å². The summed E-state index contributed by atoms with van der Waals surface area (Å²) >= 11 is 7.14. The molecule has 0 fully saturated rings. The highest BCUT2D eigenvalue weighted by atomic mass is 35.5. The standard InChI is InChI=1S/C21H22ClN3O2S/c1-14(8-9-16-6-4-3-5-7-16)23-19(26)15(2)28-21-25-24-20(27-21)17-10-12-18(22)13-11-17/h3-7,10-15H,8-9H2,1-2H3,(H,23,26). The SMILES string of the molecule is CC(CCc1ccccc1)NC(=O)C(C)Sc1nnc(-c2ccc(Cl)cc2)o1. The lowest BCUT2D eigenvalue weighted by molar-refractivity contribution is -0.120. The van der Waals surface area contributed by atoms with E-state index in [1.54, 1.807) is 12.1 Å². The topological polar surface area (TPSA) is 68.0 Å². The van der Waals surface area contributed by atoms with Crippen molar-refractivity contribution in [3.05, 3.63) is 65.2 Å². The van der Waals surface area contributed by atoms with Crippen LogP contribution < -0.4 is 5.32 Å². The maximum atomic E-state index is 12.4. The molecule has 7 heteroatoms. The first-order valence-electron chi connectivity index (χ1n) is 9.11. The lowest BCUT2D eigenvalue weighted by Crippen LogP contribution is -2.37. The Balaban J connectivity index is 1.49. The van der Waals surface area contributed by atoms with Crippen LogP contribution in [0.4, 0.5) is 0 Å². The van der Waals surface area contributed by atoms with Crippen LogP contribution in [0.1, 0.15) is 25.8 Å². The van der Waals surface area contributed by atoms with Crippen LogP contribution in [0.15, 0.2) is 64.2 Å². The van der Waals surface area contributed by atoms with Crippen molar-refractivity contribution < 1.29 is 9.21 Å². The van der Waals surface area contributed by atoms with Gasteiger partial charge in [-0.25, -0.2) is 0 Å². The quantitative estimate of drug-likeness (QED) is 0.524. The van der Waals surface area contributed by atoms with E-state index in [4.69, 9.17) is 16.0 Å². The number of nitrogens with one attached hydrogen (secondary N) is 1. The average Bonchev–Trinajstić information content (AvgIpc) is 3.16. The summed E-state index contributed by atoms with van der Waals surface area (Å²) in [4.78, 5) is 12.4. The van der Waals surface area contributed by atoms with Crippen LogP contribution in [-0.2, 0) is 11.2 Å². The molecule has 0 aliphatic carbocycles. The van der Waals surface area contributed by atoms with Gasteiger partial charge in [-0.2, -0.15) is 0 Å². The summed E-state index contributed by atoms with van der Waals surface area (Å²) < 4.78 is 5.66. The molecule has 0 saturated heterocycles. The lowest BCUT2D eigenvalue weighted by atomic mass is 10.1. The van der Waals surface area contributed by atoms with E-state index in [9.17, 15) is 4.79 Å². The van der Waals surface area contributed by atoms with Crippen molar-refractivity contribution in [1.29, 1.82) is 0 Å². The summed E-state index contributed by atoms with van der Waals surface area (Å²) in [5.74, 6) is 0.361. The molecule has 5 nitrogen and oxygen atoms in total. The normalized spacial score (nSPS) is 13.1. The van der Waals surface area contributed by atoms with E-state index in [0.717, 1.165) is 18.4 Å². The highest BCUT2D eigenvalue weighted by Crippen LogP contribution is 2.27. The smallest absolute Gasteiger partial charge is 0.277 e. The zero-order chi connectivity index (χ0) is 19.9. The van der Waals surface area contributed by atoms with Gasteiger partial charge < -0.3 is 9.73 Å².